The van der Waals surface area contributed by atoms with Gasteiger partial charge in [0.2, 0.25) is 0 Å². The van der Waals surface area contributed by atoms with Gasteiger partial charge < -0.3 is 15.0 Å². The standard InChI is InChI=1S/C22H32FN3O/c1-24-20(26-12-10-21(16-26)11-13-27-17-21)25-15-22(8-3-2-4-9-22)18-6-5-7-19(23)14-18/h5-7,14H,2-4,8-13,15-17H2,1H3,(H,24,25). The number of rotatable bonds is 3. The number of hydrogen-bond acceptors (Lipinski definition) is 2. The molecule has 2 aliphatic heterocycles. The maximum Gasteiger partial charge on any atom is 0.193 e. The van der Waals surface area contributed by atoms with Gasteiger partial charge in [0.05, 0.1) is 6.61 Å². The molecular formula is C22H32FN3O. The summed E-state index contributed by atoms with van der Waals surface area (Å²) < 4.78 is 19.6. The summed E-state index contributed by atoms with van der Waals surface area (Å²) in [5, 5.41) is 3.66. The Morgan fingerprint density at radius 2 is 2.07 bits per heavy atom. The van der Waals surface area contributed by atoms with Crippen molar-refractivity contribution in [3.8, 4) is 0 Å². The number of benzene rings is 1. The Bertz CT molecular complexity index is 678. The quantitative estimate of drug-likeness (QED) is 0.648. The average molecular weight is 374 g/mol. The fourth-order valence-corrected chi connectivity index (χ4v) is 5.28. The summed E-state index contributed by atoms with van der Waals surface area (Å²) in [4.78, 5) is 6.95. The minimum absolute atomic E-state index is 0.00414. The topological polar surface area (TPSA) is 36.9 Å². The van der Waals surface area contributed by atoms with E-state index in [1.807, 2.05) is 13.1 Å². The van der Waals surface area contributed by atoms with E-state index in [0.29, 0.717) is 5.41 Å². The molecule has 148 valence electrons. The van der Waals surface area contributed by atoms with E-state index < -0.39 is 0 Å². The number of nitrogens with one attached hydrogen (secondary N) is 1. The highest BCUT2D eigenvalue weighted by atomic mass is 19.1. The lowest BCUT2D eigenvalue weighted by Gasteiger charge is -2.39. The van der Waals surface area contributed by atoms with Crippen LogP contribution < -0.4 is 5.32 Å². The van der Waals surface area contributed by atoms with E-state index in [-0.39, 0.29) is 11.2 Å². The van der Waals surface area contributed by atoms with Crippen molar-refractivity contribution in [2.75, 3.05) is 39.9 Å². The van der Waals surface area contributed by atoms with E-state index in [9.17, 15) is 4.39 Å². The molecular weight excluding hydrogens is 341 g/mol. The summed E-state index contributed by atoms with van der Waals surface area (Å²) in [6.07, 6.45) is 8.26. The van der Waals surface area contributed by atoms with Gasteiger partial charge in [-0.05, 0) is 43.4 Å². The molecule has 1 aromatic carbocycles. The number of hydrogen-bond donors (Lipinski definition) is 1. The Kier molecular flexibility index (Phi) is 5.40. The largest absolute Gasteiger partial charge is 0.381 e. The molecule has 2 heterocycles. The molecule has 3 fully saturated rings. The molecule has 1 aromatic rings. The van der Waals surface area contributed by atoms with E-state index in [4.69, 9.17) is 4.74 Å². The number of guanidine groups is 1. The molecule has 0 amide bonds. The van der Waals surface area contributed by atoms with Crippen molar-refractivity contribution in [3.05, 3.63) is 35.6 Å². The first-order chi connectivity index (χ1) is 13.1. The Labute approximate surface area is 162 Å². The summed E-state index contributed by atoms with van der Waals surface area (Å²) in [7, 11) is 1.87. The molecule has 0 aromatic heterocycles. The van der Waals surface area contributed by atoms with Crippen molar-refractivity contribution in [3.63, 3.8) is 0 Å². The van der Waals surface area contributed by atoms with Gasteiger partial charge in [-0.25, -0.2) is 4.39 Å². The van der Waals surface area contributed by atoms with Crippen molar-refractivity contribution in [1.82, 2.24) is 10.2 Å². The van der Waals surface area contributed by atoms with Crippen LogP contribution in [0.25, 0.3) is 0 Å². The second-order valence-corrected chi connectivity index (χ2v) is 8.73. The first-order valence-corrected chi connectivity index (χ1v) is 10.4. The fraction of sp³-hybridized carbons (Fsp3) is 0.682. The molecule has 4 nitrogen and oxygen atoms in total. The SMILES string of the molecule is CN=C(NCC1(c2cccc(F)c2)CCCCC1)N1CCC2(CCOC2)C1. The highest BCUT2D eigenvalue weighted by Crippen LogP contribution is 2.40. The van der Waals surface area contributed by atoms with Crippen molar-refractivity contribution in [2.45, 2.75) is 50.4 Å². The summed E-state index contributed by atoms with van der Waals surface area (Å²) in [5.41, 5.74) is 1.46. The van der Waals surface area contributed by atoms with Crippen LogP contribution in [0.15, 0.2) is 29.3 Å². The number of aliphatic imine (C=N–C) groups is 1. The van der Waals surface area contributed by atoms with Crippen LogP contribution in [0, 0.1) is 11.2 Å². The summed E-state index contributed by atoms with van der Waals surface area (Å²) in [6.45, 7) is 4.66. The zero-order chi connectivity index (χ0) is 18.7. The van der Waals surface area contributed by atoms with Crippen molar-refractivity contribution >= 4 is 5.96 Å². The third-order valence-corrected chi connectivity index (χ3v) is 6.97. The lowest BCUT2D eigenvalue weighted by Crippen LogP contribution is -2.48. The van der Waals surface area contributed by atoms with E-state index in [1.165, 1.54) is 25.7 Å². The van der Waals surface area contributed by atoms with E-state index in [0.717, 1.165) is 63.6 Å². The van der Waals surface area contributed by atoms with Gasteiger partial charge in [-0.3, -0.25) is 4.99 Å². The Hall–Kier alpha value is -1.62. The second-order valence-electron chi connectivity index (χ2n) is 8.73. The second kappa shape index (κ2) is 7.78. The summed E-state index contributed by atoms with van der Waals surface area (Å²) in [6, 6.07) is 7.22. The number of nitrogens with zero attached hydrogens (tertiary/aromatic N) is 2. The summed E-state index contributed by atoms with van der Waals surface area (Å²) in [5.74, 6) is 0.852. The van der Waals surface area contributed by atoms with Crippen LogP contribution in [-0.2, 0) is 10.2 Å². The molecule has 1 atom stereocenters. The van der Waals surface area contributed by atoms with Gasteiger partial charge in [0.1, 0.15) is 5.82 Å². The van der Waals surface area contributed by atoms with Crippen molar-refractivity contribution in [1.29, 1.82) is 0 Å². The molecule has 1 unspecified atom stereocenters. The highest BCUT2D eigenvalue weighted by Gasteiger charge is 2.42. The maximum absolute atomic E-state index is 13.9. The molecule has 3 aliphatic rings. The van der Waals surface area contributed by atoms with Crippen LogP contribution in [0.3, 0.4) is 0 Å². The smallest absolute Gasteiger partial charge is 0.193 e. The first kappa shape index (κ1) is 18.7. The lowest BCUT2D eigenvalue weighted by atomic mass is 9.69. The number of likely N-dealkylation sites (tertiary alicyclic amines) is 1. The normalized spacial score (nSPS) is 28.1. The fourth-order valence-electron chi connectivity index (χ4n) is 5.28. The predicted octanol–water partition coefficient (Wildman–Crippen LogP) is 3.72. The molecule has 0 bridgehead atoms. The lowest BCUT2D eigenvalue weighted by molar-refractivity contribution is 0.156. The van der Waals surface area contributed by atoms with Crippen LogP contribution in [0.1, 0.15) is 50.5 Å². The van der Waals surface area contributed by atoms with Crippen LogP contribution in [0.5, 0.6) is 0 Å². The van der Waals surface area contributed by atoms with E-state index in [1.54, 1.807) is 12.1 Å². The monoisotopic (exact) mass is 373 g/mol. The van der Waals surface area contributed by atoms with Crippen LogP contribution >= 0.6 is 0 Å². The molecule has 0 radical (unpaired) electrons. The van der Waals surface area contributed by atoms with Crippen molar-refractivity contribution in [2.24, 2.45) is 10.4 Å². The van der Waals surface area contributed by atoms with Crippen LogP contribution in [0.4, 0.5) is 4.39 Å². The molecule has 1 spiro atoms. The highest BCUT2D eigenvalue weighted by molar-refractivity contribution is 5.80. The van der Waals surface area contributed by atoms with Gasteiger partial charge in [-0.2, -0.15) is 0 Å². The molecule has 27 heavy (non-hydrogen) atoms. The van der Waals surface area contributed by atoms with Gasteiger partial charge in [0.15, 0.2) is 5.96 Å². The molecule has 1 saturated carbocycles. The Balaban J connectivity index is 1.47. The van der Waals surface area contributed by atoms with Gasteiger partial charge >= 0.3 is 0 Å². The third kappa shape index (κ3) is 3.84. The molecule has 4 rings (SSSR count). The zero-order valence-corrected chi connectivity index (χ0v) is 16.5. The first-order valence-electron chi connectivity index (χ1n) is 10.4. The Morgan fingerprint density at radius 1 is 1.22 bits per heavy atom. The van der Waals surface area contributed by atoms with Gasteiger partial charge in [-0.1, -0.05) is 31.4 Å². The minimum Gasteiger partial charge on any atom is -0.381 e. The van der Waals surface area contributed by atoms with Gasteiger partial charge in [0, 0.05) is 44.1 Å². The molecule has 5 heteroatoms. The Morgan fingerprint density at radius 3 is 2.78 bits per heavy atom. The van der Waals surface area contributed by atoms with Crippen LogP contribution in [0.2, 0.25) is 0 Å². The van der Waals surface area contributed by atoms with Crippen molar-refractivity contribution < 1.29 is 9.13 Å². The molecule has 2 saturated heterocycles. The van der Waals surface area contributed by atoms with Gasteiger partial charge in [-0.15, -0.1) is 0 Å². The zero-order valence-electron chi connectivity index (χ0n) is 16.5. The van der Waals surface area contributed by atoms with Gasteiger partial charge in [0.25, 0.3) is 0 Å². The average Bonchev–Trinajstić information content (AvgIpc) is 3.33. The number of ether oxygens (including phenoxy) is 1. The van der Waals surface area contributed by atoms with Crippen LogP contribution in [-0.4, -0.2) is 50.8 Å². The number of halogens is 1. The third-order valence-electron chi connectivity index (χ3n) is 6.97. The summed E-state index contributed by atoms with van der Waals surface area (Å²) >= 11 is 0. The van der Waals surface area contributed by atoms with E-state index >= 15 is 0 Å². The minimum atomic E-state index is -0.135. The molecule has 1 aliphatic carbocycles. The predicted molar refractivity (Wildman–Crippen MR) is 107 cm³/mol. The maximum atomic E-state index is 13.9. The van der Waals surface area contributed by atoms with E-state index in [2.05, 4.69) is 21.3 Å². The molecule has 1 N–H and O–H groups in total.